The molecule has 0 spiro atoms. The summed E-state index contributed by atoms with van der Waals surface area (Å²) in [6.07, 6.45) is 3.19. The number of carbonyl (C=O) groups is 1. The van der Waals surface area contributed by atoms with Crippen molar-refractivity contribution in [1.82, 2.24) is 14.9 Å². The maximum atomic E-state index is 13.4. The Balaban J connectivity index is 1.31. The number of anilines is 2. The Morgan fingerprint density at radius 3 is 2.69 bits per heavy atom. The van der Waals surface area contributed by atoms with E-state index in [0.717, 1.165) is 17.2 Å². The first kappa shape index (κ1) is 29.0. The molecule has 12 heteroatoms. The van der Waals surface area contributed by atoms with Crippen molar-refractivity contribution in [1.29, 1.82) is 0 Å². The maximum Gasteiger partial charge on any atom is 0.210 e. The second-order valence-electron chi connectivity index (χ2n) is 9.61. The molecule has 1 amide bonds. The zero-order valence-electron chi connectivity index (χ0n) is 22.5. The number of sulfone groups is 1. The van der Waals surface area contributed by atoms with Crippen LogP contribution in [0, 0.1) is 5.82 Å². The van der Waals surface area contributed by atoms with Crippen LogP contribution < -0.4 is 10.1 Å². The van der Waals surface area contributed by atoms with Gasteiger partial charge in [0.1, 0.15) is 51.7 Å². The van der Waals surface area contributed by atoms with E-state index in [9.17, 15) is 17.6 Å². The molecule has 1 N–H and O–H groups in total. The lowest BCUT2D eigenvalue weighted by molar-refractivity contribution is -0.118. The van der Waals surface area contributed by atoms with Gasteiger partial charge in [-0.2, -0.15) is 0 Å². The number of nitrogens with one attached hydrogen (secondary N) is 1. The minimum Gasteiger partial charge on any atom is -0.487 e. The Morgan fingerprint density at radius 2 is 1.93 bits per heavy atom. The number of fused-ring (bicyclic) bond motifs is 1. The number of nitrogens with zero attached hydrogens (tertiary/aromatic N) is 3. The van der Waals surface area contributed by atoms with Crippen molar-refractivity contribution in [2.24, 2.45) is 0 Å². The summed E-state index contributed by atoms with van der Waals surface area (Å²) < 4.78 is 48.1. The number of ether oxygens (including phenoxy) is 1. The van der Waals surface area contributed by atoms with E-state index in [4.69, 9.17) is 20.8 Å². The lowest BCUT2D eigenvalue weighted by Crippen LogP contribution is -2.27. The van der Waals surface area contributed by atoms with Crippen LogP contribution in [0.15, 0.2) is 83.5 Å². The fourth-order valence-corrected chi connectivity index (χ4v) is 5.00. The van der Waals surface area contributed by atoms with Crippen molar-refractivity contribution >= 4 is 50.3 Å². The van der Waals surface area contributed by atoms with Gasteiger partial charge in [0, 0.05) is 29.4 Å². The van der Waals surface area contributed by atoms with E-state index in [2.05, 4.69) is 15.3 Å². The van der Waals surface area contributed by atoms with Crippen LogP contribution >= 0.6 is 11.6 Å². The van der Waals surface area contributed by atoms with Crippen LogP contribution in [0.2, 0.25) is 5.02 Å². The first-order valence-corrected chi connectivity index (χ1v) is 15.3. The Morgan fingerprint density at radius 1 is 1.07 bits per heavy atom. The third-order valence-electron chi connectivity index (χ3n) is 6.32. The fourth-order valence-electron chi connectivity index (χ4n) is 4.20. The zero-order valence-corrected chi connectivity index (χ0v) is 24.0. The minimum absolute atomic E-state index is 0.0742. The number of rotatable bonds is 12. The molecule has 216 valence electrons. The number of furan rings is 1. The highest BCUT2D eigenvalue weighted by molar-refractivity contribution is 7.90. The first-order chi connectivity index (χ1) is 20.2. The summed E-state index contributed by atoms with van der Waals surface area (Å²) in [5, 5.41) is 4.38. The van der Waals surface area contributed by atoms with Gasteiger partial charge in [0.05, 0.1) is 22.8 Å². The Kier molecular flexibility index (Phi) is 8.69. The van der Waals surface area contributed by atoms with Gasteiger partial charge < -0.3 is 19.4 Å². The summed E-state index contributed by atoms with van der Waals surface area (Å²) in [4.78, 5) is 21.5. The molecule has 9 nitrogen and oxygen atoms in total. The topological polar surface area (TPSA) is 115 Å². The van der Waals surface area contributed by atoms with Crippen molar-refractivity contribution in [2.75, 3.05) is 23.9 Å². The molecule has 0 unspecified atom stereocenters. The monoisotopic (exact) mass is 608 g/mol. The average Bonchev–Trinajstić information content (AvgIpc) is 3.43. The Bertz CT molecular complexity index is 1850. The molecule has 0 aliphatic carbocycles. The normalized spacial score (nSPS) is 11.4. The van der Waals surface area contributed by atoms with Crippen molar-refractivity contribution in [3.8, 4) is 17.1 Å². The van der Waals surface area contributed by atoms with E-state index in [-0.39, 0.29) is 31.3 Å². The van der Waals surface area contributed by atoms with E-state index in [1.807, 2.05) is 18.2 Å². The molecule has 0 bridgehead atoms. The van der Waals surface area contributed by atoms with Crippen molar-refractivity contribution in [3.05, 3.63) is 101 Å². The molecule has 0 saturated carbocycles. The molecule has 2 heterocycles. The lowest BCUT2D eigenvalue weighted by atomic mass is 10.1. The van der Waals surface area contributed by atoms with Crippen LogP contribution in [0.4, 0.5) is 15.9 Å². The van der Waals surface area contributed by atoms with E-state index in [0.29, 0.717) is 51.3 Å². The van der Waals surface area contributed by atoms with Crippen molar-refractivity contribution < 1.29 is 26.8 Å². The molecule has 5 aromatic rings. The Hall–Kier alpha value is -4.48. The highest BCUT2D eigenvalue weighted by Gasteiger charge is 2.14. The number of hydrogen-bond acceptors (Lipinski definition) is 8. The quantitative estimate of drug-likeness (QED) is 0.171. The standard InChI is InChI=1S/C30H26ClFN4O5S/c1-42(38,39)12-11-36(19-37)16-24-7-10-28(41-24)21-5-8-27-25(14-21)30(34-18-33-27)35-23-6-9-29(26(31)15-23)40-17-20-3-2-4-22(32)13-20/h2-10,13-15,18-19H,11-12,16-17H2,1H3,(H,33,34,35). The SMILES string of the molecule is CS(=O)(=O)CCN(C=O)Cc1ccc(-c2ccc3ncnc(Nc4ccc(OCc5cccc(F)c5)c(Cl)c4)c3c2)o1. The molecular formula is C30H26ClFN4O5S. The van der Waals surface area contributed by atoms with Crippen LogP contribution in [0.3, 0.4) is 0 Å². The highest BCUT2D eigenvalue weighted by Crippen LogP contribution is 2.33. The summed E-state index contributed by atoms with van der Waals surface area (Å²) in [5.41, 5.74) is 2.83. The van der Waals surface area contributed by atoms with Gasteiger partial charge in [-0.25, -0.2) is 22.8 Å². The molecule has 0 atom stereocenters. The number of benzene rings is 3. The molecule has 0 fully saturated rings. The molecule has 0 aliphatic heterocycles. The number of carbonyl (C=O) groups excluding carboxylic acids is 1. The van der Waals surface area contributed by atoms with Crippen LogP contribution in [0.5, 0.6) is 5.75 Å². The summed E-state index contributed by atoms with van der Waals surface area (Å²) in [7, 11) is -3.20. The number of hydrogen-bond donors (Lipinski definition) is 1. The second-order valence-corrected chi connectivity index (χ2v) is 12.3. The molecule has 2 aromatic heterocycles. The Labute approximate surface area is 246 Å². The van der Waals surface area contributed by atoms with E-state index < -0.39 is 9.84 Å². The van der Waals surface area contributed by atoms with Gasteiger partial charge in [-0.15, -0.1) is 0 Å². The number of amides is 1. The van der Waals surface area contributed by atoms with E-state index >= 15 is 0 Å². The average molecular weight is 609 g/mol. The van der Waals surface area contributed by atoms with Gasteiger partial charge in [0.2, 0.25) is 6.41 Å². The van der Waals surface area contributed by atoms with Crippen LogP contribution in [-0.4, -0.2) is 48.2 Å². The van der Waals surface area contributed by atoms with Gasteiger partial charge in [-0.3, -0.25) is 4.79 Å². The van der Waals surface area contributed by atoms with Crippen molar-refractivity contribution in [3.63, 3.8) is 0 Å². The van der Waals surface area contributed by atoms with Gasteiger partial charge in [-0.05, 0) is 66.2 Å². The van der Waals surface area contributed by atoms with Gasteiger partial charge in [0.15, 0.2) is 0 Å². The number of aromatic nitrogens is 2. The highest BCUT2D eigenvalue weighted by atomic mass is 35.5. The summed E-state index contributed by atoms with van der Waals surface area (Å²) >= 11 is 6.47. The summed E-state index contributed by atoms with van der Waals surface area (Å²) in [6, 6.07) is 20.5. The minimum atomic E-state index is -3.20. The molecule has 0 saturated heterocycles. The smallest absolute Gasteiger partial charge is 0.210 e. The molecule has 3 aromatic carbocycles. The molecule has 5 rings (SSSR count). The van der Waals surface area contributed by atoms with E-state index in [1.54, 1.807) is 42.5 Å². The van der Waals surface area contributed by atoms with Gasteiger partial charge in [0.25, 0.3) is 0 Å². The molecule has 42 heavy (non-hydrogen) atoms. The van der Waals surface area contributed by atoms with Crippen molar-refractivity contribution in [2.45, 2.75) is 13.2 Å². The zero-order chi connectivity index (χ0) is 29.7. The van der Waals surface area contributed by atoms with Crippen LogP contribution in [-0.2, 0) is 27.8 Å². The molecule has 0 radical (unpaired) electrons. The van der Waals surface area contributed by atoms with Crippen LogP contribution in [0.1, 0.15) is 11.3 Å². The largest absolute Gasteiger partial charge is 0.487 e. The predicted molar refractivity (Wildman–Crippen MR) is 159 cm³/mol. The first-order valence-electron chi connectivity index (χ1n) is 12.8. The summed E-state index contributed by atoms with van der Waals surface area (Å²) in [6.45, 7) is 0.391. The fraction of sp³-hybridized carbons (Fsp3) is 0.167. The third-order valence-corrected chi connectivity index (χ3v) is 7.54. The van der Waals surface area contributed by atoms with Gasteiger partial charge >= 0.3 is 0 Å². The predicted octanol–water partition coefficient (Wildman–Crippen LogP) is 6.01. The van der Waals surface area contributed by atoms with Crippen LogP contribution in [0.25, 0.3) is 22.2 Å². The molecular weight excluding hydrogens is 583 g/mol. The maximum absolute atomic E-state index is 13.4. The summed E-state index contributed by atoms with van der Waals surface area (Å²) in [5.74, 6) is 1.63. The molecule has 0 aliphatic rings. The lowest BCUT2D eigenvalue weighted by Gasteiger charge is -2.15. The number of halogens is 2. The third kappa shape index (κ3) is 7.42. The van der Waals surface area contributed by atoms with E-state index in [1.165, 1.54) is 23.4 Å². The second kappa shape index (κ2) is 12.6. The van der Waals surface area contributed by atoms with Gasteiger partial charge in [-0.1, -0.05) is 23.7 Å².